The third-order valence-electron chi connectivity index (χ3n) is 1.53. The van der Waals surface area contributed by atoms with Crippen LogP contribution in [0.25, 0.3) is 11.5 Å². The molecule has 2 heterocycles. The zero-order valence-electron chi connectivity index (χ0n) is 6.75. The Morgan fingerprint density at radius 1 is 1.00 bits per heavy atom. The van der Waals surface area contributed by atoms with E-state index in [1.165, 1.54) is 0 Å². The van der Waals surface area contributed by atoms with Crippen LogP contribution in [-0.4, -0.2) is 15.0 Å². The van der Waals surface area contributed by atoms with Crippen LogP contribution in [0.4, 0.5) is 0 Å². The average molecular weight is 189 g/mol. The fourth-order valence-electron chi connectivity index (χ4n) is 0.949. The standard InChI is InChI=1S/C9H7N3S/c13-7-5-11-9(12-6-7)8-3-1-2-4-10-8/h1-6,13H. The van der Waals surface area contributed by atoms with Gasteiger partial charge in [0.15, 0.2) is 5.82 Å². The number of rotatable bonds is 1. The van der Waals surface area contributed by atoms with E-state index in [9.17, 15) is 0 Å². The van der Waals surface area contributed by atoms with Crippen molar-refractivity contribution in [1.82, 2.24) is 15.0 Å². The molecule has 0 unspecified atom stereocenters. The van der Waals surface area contributed by atoms with Gasteiger partial charge in [-0.15, -0.1) is 12.6 Å². The summed E-state index contributed by atoms with van der Waals surface area (Å²) in [5.74, 6) is 0.624. The summed E-state index contributed by atoms with van der Waals surface area (Å²) in [5.41, 5.74) is 0.774. The minimum atomic E-state index is 0.624. The van der Waals surface area contributed by atoms with Gasteiger partial charge in [-0.05, 0) is 12.1 Å². The van der Waals surface area contributed by atoms with Crippen molar-refractivity contribution in [3.05, 3.63) is 36.8 Å². The van der Waals surface area contributed by atoms with Crippen molar-refractivity contribution in [3.63, 3.8) is 0 Å². The Balaban J connectivity index is 2.42. The predicted octanol–water partition coefficient (Wildman–Crippen LogP) is 1.83. The van der Waals surface area contributed by atoms with E-state index >= 15 is 0 Å². The number of hydrogen-bond acceptors (Lipinski definition) is 4. The smallest absolute Gasteiger partial charge is 0.178 e. The Hall–Kier alpha value is -1.42. The van der Waals surface area contributed by atoms with Crippen LogP contribution in [0.3, 0.4) is 0 Å². The van der Waals surface area contributed by atoms with Gasteiger partial charge in [0.1, 0.15) is 5.69 Å². The average Bonchev–Trinajstić information content (AvgIpc) is 2.20. The molecule has 0 spiro atoms. The lowest BCUT2D eigenvalue weighted by Gasteiger charge is -1.97. The van der Waals surface area contributed by atoms with E-state index in [0.29, 0.717) is 5.82 Å². The molecule has 13 heavy (non-hydrogen) atoms. The summed E-state index contributed by atoms with van der Waals surface area (Å²) in [6, 6.07) is 5.63. The molecule has 0 aliphatic carbocycles. The summed E-state index contributed by atoms with van der Waals surface area (Å²) in [7, 11) is 0. The molecule has 0 N–H and O–H groups in total. The highest BCUT2D eigenvalue weighted by molar-refractivity contribution is 7.80. The van der Waals surface area contributed by atoms with Gasteiger partial charge in [0.25, 0.3) is 0 Å². The van der Waals surface area contributed by atoms with Crippen LogP contribution in [0.1, 0.15) is 0 Å². The fourth-order valence-corrected chi connectivity index (χ4v) is 1.06. The van der Waals surface area contributed by atoms with Gasteiger partial charge >= 0.3 is 0 Å². The lowest BCUT2D eigenvalue weighted by atomic mass is 10.3. The van der Waals surface area contributed by atoms with Crippen LogP contribution in [0.2, 0.25) is 0 Å². The highest BCUT2D eigenvalue weighted by Crippen LogP contribution is 2.10. The van der Waals surface area contributed by atoms with Crippen LogP contribution < -0.4 is 0 Å². The highest BCUT2D eigenvalue weighted by atomic mass is 32.1. The molecule has 3 nitrogen and oxygen atoms in total. The molecule has 0 fully saturated rings. The first kappa shape index (κ1) is 8.19. The van der Waals surface area contributed by atoms with Crippen molar-refractivity contribution in [1.29, 1.82) is 0 Å². The molecule has 0 atom stereocenters. The summed E-state index contributed by atoms with van der Waals surface area (Å²) in [6.45, 7) is 0. The maximum absolute atomic E-state index is 4.13. The second-order valence-electron chi connectivity index (χ2n) is 2.48. The van der Waals surface area contributed by atoms with E-state index < -0.39 is 0 Å². The van der Waals surface area contributed by atoms with Crippen molar-refractivity contribution < 1.29 is 0 Å². The second kappa shape index (κ2) is 3.53. The van der Waals surface area contributed by atoms with Crippen LogP contribution in [0.15, 0.2) is 41.7 Å². The Morgan fingerprint density at radius 2 is 1.77 bits per heavy atom. The summed E-state index contributed by atoms with van der Waals surface area (Å²) < 4.78 is 0. The lowest BCUT2D eigenvalue weighted by Crippen LogP contribution is -1.89. The molecule has 2 aromatic rings. The number of aromatic nitrogens is 3. The first-order valence-corrected chi connectivity index (χ1v) is 4.23. The van der Waals surface area contributed by atoms with Gasteiger partial charge in [0, 0.05) is 23.5 Å². The molecule has 2 rings (SSSR count). The molecule has 2 aromatic heterocycles. The molecule has 0 aliphatic heterocycles. The van der Waals surface area contributed by atoms with Crippen LogP contribution in [0.5, 0.6) is 0 Å². The molecule has 0 saturated heterocycles. The molecular formula is C9H7N3S. The fraction of sp³-hybridized carbons (Fsp3) is 0. The van der Waals surface area contributed by atoms with Crippen LogP contribution >= 0.6 is 12.6 Å². The molecule has 0 bridgehead atoms. The topological polar surface area (TPSA) is 38.7 Å². The Kier molecular flexibility index (Phi) is 2.23. The minimum absolute atomic E-state index is 0.624. The van der Waals surface area contributed by atoms with Crippen molar-refractivity contribution in [2.75, 3.05) is 0 Å². The highest BCUT2D eigenvalue weighted by Gasteiger charge is 1.99. The van der Waals surface area contributed by atoms with Crippen molar-refractivity contribution in [3.8, 4) is 11.5 Å². The molecular weight excluding hydrogens is 182 g/mol. The van der Waals surface area contributed by atoms with Crippen LogP contribution in [-0.2, 0) is 0 Å². The van der Waals surface area contributed by atoms with Gasteiger partial charge in [-0.25, -0.2) is 9.97 Å². The number of nitrogens with zero attached hydrogens (tertiary/aromatic N) is 3. The Morgan fingerprint density at radius 3 is 2.38 bits per heavy atom. The Bertz CT molecular complexity index is 385. The maximum Gasteiger partial charge on any atom is 0.178 e. The SMILES string of the molecule is Sc1cnc(-c2ccccn2)nc1. The monoisotopic (exact) mass is 189 g/mol. The number of hydrogen-bond donors (Lipinski definition) is 1. The van der Waals surface area contributed by atoms with Gasteiger partial charge in [-0.3, -0.25) is 4.98 Å². The molecule has 0 aliphatic rings. The largest absolute Gasteiger partial charge is 0.253 e. The van der Waals surface area contributed by atoms with Crippen molar-refractivity contribution >= 4 is 12.6 Å². The van der Waals surface area contributed by atoms with Gasteiger partial charge in [-0.2, -0.15) is 0 Å². The first-order chi connectivity index (χ1) is 6.36. The first-order valence-electron chi connectivity index (χ1n) is 3.79. The molecule has 0 amide bonds. The molecule has 0 aromatic carbocycles. The quantitative estimate of drug-likeness (QED) is 0.695. The van der Waals surface area contributed by atoms with Crippen molar-refractivity contribution in [2.45, 2.75) is 4.90 Å². The lowest BCUT2D eigenvalue weighted by molar-refractivity contribution is 1.09. The van der Waals surface area contributed by atoms with Gasteiger partial charge in [-0.1, -0.05) is 6.07 Å². The number of pyridine rings is 1. The molecule has 64 valence electrons. The second-order valence-corrected chi connectivity index (χ2v) is 3.00. The Labute approximate surface area is 81.3 Å². The summed E-state index contributed by atoms with van der Waals surface area (Å²) in [4.78, 5) is 13.1. The van der Waals surface area contributed by atoms with Gasteiger partial charge < -0.3 is 0 Å². The summed E-state index contributed by atoms with van der Waals surface area (Å²) in [5, 5.41) is 0. The zero-order chi connectivity index (χ0) is 9.10. The van der Waals surface area contributed by atoms with E-state index in [2.05, 4.69) is 27.6 Å². The molecule has 0 radical (unpaired) electrons. The van der Waals surface area contributed by atoms with E-state index in [0.717, 1.165) is 10.6 Å². The van der Waals surface area contributed by atoms with Crippen molar-refractivity contribution in [2.24, 2.45) is 0 Å². The third-order valence-corrected chi connectivity index (χ3v) is 1.76. The van der Waals surface area contributed by atoms with Crippen LogP contribution in [0, 0.1) is 0 Å². The zero-order valence-corrected chi connectivity index (χ0v) is 7.65. The minimum Gasteiger partial charge on any atom is -0.253 e. The van der Waals surface area contributed by atoms with E-state index in [1.807, 2.05) is 18.2 Å². The maximum atomic E-state index is 4.13. The number of thiol groups is 1. The van der Waals surface area contributed by atoms with E-state index in [-0.39, 0.29) is 0 Å². The molecule has 0 saturated carbocycles. The predicted molar refractivity (Wildman–Crippen MR) is 52.5 cm³/mol. The van der Waals surface area contributed by atoms with Gasteiger partial charge in [0.05, 0.1) is 0 Å². The van der Waals surface area contributed by atoms with E-state index in [4.69, 9.17) is 0 Å². The summed E-state index contributed by atoms with van der Waals surface area (Å²) >= 11 is 4.10. The normalized spacial score (nSPS) is 9.92. The van der Waals surface area contributed by atoms with Gasteiger partial charge in [0.2, 0.25) is 0 Å². The molecule has 4 heteroatoms. The van der Waals surface area contributed by atoms with E-state index in [1.54, 1.807) is 18.6 Å². The summed E-state index contributed by atoms with van der Waals surface area (Å²) in [6.07, 6.45) is 5.02. The third kappa shape index (κ3) is 1.84.